The Morgan fingerprint density at radius 2 is 2.07 bits per heavy atom. The summed E-state index contributed by atoms with van der Waals surface area (Å²) in [7, 11) is 3.05. The van der Waals surface area contributed by atoms with Crippen LogP contribution in [-0.4, -0.2) is 45.5 Å². The van der Waals surface area contributed by atoms with Crippen LogP contribution in [-0.2, 0) is 27.2 Å². The van der Waals surface area contributed by atoms with Gasteiger partial charge in [0.25, 0.3) is 0 Å². The molecule has 2 aliphatic rings. The first-order valence-electron chi connectivity index (χ1n) is 9.93. The second-order valence-corrected chi connectivity index (χ2v) is 7.29. The minimum atomic E-state index is -1.06. The van der Waals surface area contributed by atoms with Crippen LogP contribution in [0.5, 0.6) is 5.75 Å². The van der Waals surface area contributed by atoms with E-state index in [2.05, 4.69) is 34.5 Å². The number of hydrogen-bond acceptors (Lipinski definition) is 6. The van der Waals surface area contributed by atoms with Crippen molar-refractivity contribution in [2.75, 3.05) is 32.2 Å². The molecular weight excluding hydrogens is 384 g/mol. The van der Waals surface area contributed by atoms with E-state index in [0.717, 1.165) is 19.5 Å². The van der Waals surface area contributed by atoms with Gasteiger partial charge in [0.2, 0.25) is 5.79 Å². The van der Waals surface area contributed by atoms with Crippen LogP contribution in [0.3, 0.4) is 0 Å². The molecule has 2 heterocycles. The molecule has 1 N–H and O–H groups in total. The second-order valence-electron chi connectivity index (χ2n) is 7.29. The Kier molecular flexibility index (Phi) is 6.03. The SMILES string of the molecule is COC1C=CC(CNC(=O)Oc2ccc3c(c2)CCN3Cc2ccccc2)(OC)O1. The molecule has 2 aromatic rings. The molecule has 1 amide bonds. The molecular formula is C23H26N2O5. The molecule has 158 valence electrons. The molecule has 2 atom stereocenters. The van der Waals surface area contributed by atoms with E-state index in [1.807, 2.05) is 24.3 Å². The highest BCUT2D eigenvalue weighted by Gasteiger charge is 2.36. The zero-order valence-corrected chi connectivity index (χ0v) is 17.2. The lowest BCUT2D eigenvalue weighted by Crippen LogP contribution is -2.45. The maximum atomic E-state index is 12.3. The van der Waals surface area contributed by atoms with Crippen molar-refractivity contribution in [3.8, 4) is 5.75 Å². The number of nitrogens with zero attached hydrogens (tertiary/aromatic N) is 1. The van der Waals surface area contributed by atoms with Crippen LogP contribution in [0.4, 0.5) is 10.5 Å². The van der Waals surface area contributed by atoms with Gasteiger partial charge in [0.05, 0.1) is 6.54 Å². The average molecular weight is 410 g/mol. The van der Waals surface area contributed by atoms with E-state index in [9.17, 15) is 4.79 Å². The number of carbonyl (C=O) groups excluding carboxylic acids is 1. The van der Waals surface area contributed by atoms with Gasteiger partial charge in [-0.1, -0.05) is 30.3 Å². The average Bonchev–Trinajstić information content (AvgIpc) is 3.38. The zero-order valence-electron chi connectivity index (χ0n) is 17.2. The quantitative estimate of drug-likeness (QED) is 0.707. The van der Waals surface area contributed by atoms with Crippen LogP contribution in [0.25, 0.3) is 0 Å². The van der Waals surface area contributed by atoms with Gasteiger partial charge >= 0.3 is 6.09 Å². The predicted molar refractivity (Wildman–Crippen MR) is 112 cm³/mol. The molecule has 7 heteroatoms. The summed E-state index contributed by atoms with van der Waals surface area (Å²) in [6.07, 6.45) is 3.31. The molecule has 0 spiro atoms. The number of amides is 1. The van der Waals surface area contributed by atoms with Crippen LogP contribution in [0, 0.1) is 0 Å². The standard InChI is InChI=1S/C23H26N2O5/c1-27-21-10-12-23(28-2,30-21)16-24-22(26)29-19-8-9-20-18(14-19)11-13-25(20)15-17-6-4-3-5-7-17/h3-10,12,14,21H,11,13,15-16H2,1-2H3,(H,24,26). The van der Waals surface area contributed by atoms with Crippen molar-refractivity contribution in [1.82, 2.24) is 5.32 Å². The van der Waals surface area contributed by atoms with Crippen molar-refractivity contribution in [3.63, 3.8) is 0 Å². The lowest BCUT2D eigenvalue weighted by molar-refractivity contribution is -0.238. The van der Waals surface area contributed by atoms with Gasteiger partial charge in [0.1, 0.15) is 5.75 Å². The lowest BCUT2D eigenvalue weighted by atomic mass is 10.1. The number of anilines is 1. The minimum absolute atomic E-state index is 0.106. The monoisotopic (exact) mass is 410 g/mol. The maximum absolute atomic E-state index is 12.3. The van der Waals surface area contributed by atoms with Crippen molar-refractivity contribution in [1.29, 1.82) is 0 Å². The van der Waals surface area contributed by atoms with Gasteiger partial charge < -0.3 is 29.2 Å². The van der Waals surface area contributed by atoms with E-state index in [1.165, 1.54) is 31.0 Å². The van der Waals surface area contributed by atoms with Crippen molar-refractivity contribution in [2.45, 2.75) is 25.0 Å². The summed E-state index contributed by atoms with van der Waals surface area (Å²) in [5, 5.41) is 2.69. The molecule has 0 radical (unpaired) electrons. The molecule has 2 unspecified atom stereocenters. The van der Waals surface area contributed by atoms with E-state index in [1.54, 1.807) is 12.2 Å². The Labute approximate surface area is 176 Å². The molecule has 7 nitrogen and oxygen atoms in total. The van der Waals surface area contributed by atoms with E-state index in [0.29, 0.717) is 5.75 Å². The molecule has 4 rings (SSSR count). The summed E-state index contributed by atoms with van der Waals surface area (Å²) in [4.78, 5) is 14.6. The van der Waals surface area contributed by atoms with Crippen molar-refractivity contribution >= 4 is 11.8 Å². The van der Waals surface area contributed by atoms with Gasteiger partial charge in [0.15, 0.2) is 6.29 Å². The molecule has 2 aliphatic heterocycles. The van der Waals surface area contributed by atoms with Crippen LogP contribution in [0.15, 0.2) is 60.7 Å². The molecule has 0 aliphatic carbocycles. The summed E-state index contributed by atoms with van der Waals surface area (Å²) >= 11 is 0. The normalized spacial score (nSPS) is 22.2. The van der Waals surface area contributed by atoms with E-state index >= 15 is 0 Å². The van der Waals surface area contributed by atoms with Crippen LogP contribution in [0.2, 0.25) is 0 Å². The number of nitrogens with one attached hydrogen (secondary N) is 1. The van der Waals surface area contributed by atoms with Gasteiger partial charge in [-0.2, -0.15) is 0 Å². The number of methoxy groups -OCH3 is 2. The summed E-state index contributed by atoms with van der Waals surface area (Å²) in [6, 6.07) is 16.1. The number of hydrogen-bond donors (Lipinski definition) is 1. The third-order valence-corrected chi connectivity index (χ3v) is 5.35. The third-order valence-electron chi connectivity index (χ3n) is 5.35. The summed E-state index contributed by atoms with van der Waals surface area (Å²) in [6.45, 7) is 1.92. The van der Waals surface area contributed by atoms with E-state index in [-0.39, 0.29) is 6.54 Å². The Morgan fingerprint density at radius 3 is 2.80 bits per heavy atom. The molecule has 2 aromatic carbocycles. The van der Waals surface area contributed by atoms with Crippen LogP contribution < -0.4 is 15.0 Å². The van der Waals surface area contributed by atoms with Gasteiger partial charge in [-0.05, 0) is 47.9 Å². The first-order chi connectivity index (χ1) is 14.6. The summed E-state index contributed by atoms with van der Waals surface area (Å²) in [5.41, 5.74) is 3.63. The fourth-order valence-electron chi connectivity index (χ4n) is 3.73. The van der Waals surface area contributed by atoms with Gasteiger partial charge in [-0.3, -0.25) is 0 Å². The molecule has 0 fully saturated rings. The van der Waals surface area contributed by atoms with Crippen LogP contribution >= 0.6 is 0 Å². The number of ether oxygens (including phenoxy) is 4. The first-order valence-corrected chi connectivity index (χ1v) is 9.93. The highest BCUT2D eigenvalue weighted by Crippen LogP contribution is 2.32. The third kappa shape index (κ3) is 4.48. The number of fused-ring (bicyclic) bond motifs is 1. The van der Waals surface area contributed by atoms with Gasteiger partial charge in [-0.15, -0.1) is 0 Å². The lowest BCUT2D eigenvalue weighted by Gasteiger charge is -2.26. The highest BCUT2D eigenvalue weighted by molar-refractivity contribution is 5.71. The molecule has 0 aromatic heterocycles. The van der Waals surface area contributed by atoms with Crippen molar-refractivity contribution in [2.24, 2.45) is 0 Å². The number of rotatable bonds is 7. The fourth-order valence-corrected chi connectivity index (χ4v) is 3.73. The molecule has 0 bridgehead atoms. The maximum Gasteiger partial charge on any atom is 0.412 e. The van der Waals surface area contributed by atoms with Crippen molar-refractivity contribution < 1.29 is 23.7 Å². The fraction of sp³-hybridized carbons (Fsp3) is 0.348. The van der Waals surface area contributed by atoms with Gasteiger partial charge in [0, 0.05) is 33.0 Å². The molecule has 0 saturated carbocycles. The largest absolute Gasteiger partial charge is 0.412 e. The first kappa shape index (κ1) is 20.4. The number of benzene rings is 2. The summed E-state index contributed by atoms with van der Waals surface area (Å²) in [5.74, 6) is -0.549. The molecule has 0 saturated heterocycles. The Morgan fingerprint density at radius 1 is 1.23 bits per heavy atom. The highest BCUT2D eigenvalue weighted by atomic mass is 16.8. The topological polar surface area (TPSA) is 69.3 Å². The minimum Gasteiger partial charge on any atom is -0.410 e. The Bertz CT molecular complexity index is 917. The molecule has 30 heavy (non-hydrogen) atoms. The van der Waals surface area contributed by atoms with Crippen LogP contribution in [0.1, 0.15) is 11.1 Å². The number of carbonyl (C=O) groups is 1. The second kappa shape index (κ2) is 8.87. The smallest absolute Gasteiger partial charge is 0.410 e. The van der Waals surface area contributed by atoms with Crippen molar-refractivity contribution in [3.05, 3.63) is 71.8 Å². The van der Waals surface area contributed by atoms with E-state index < -0.39 is 18.2 Å². The summed E-state index contributed by atoms with van der Waals surface area (Å²) < 4.78 is 21.6. The zero-order chi connectivity index (χ0) is 21.0. The van der Waals surface area contributed by atoms with E-state index in [4.69, 9.17) is 18.9 Å². The predicted octanol–water partition coefficient (Wildman–Crippen LogP) is 3.24. The Hall–Kier alpha value is -2.87. The Balaban J connectivity index is 1.33. The van der Waals surface area contributed by atoms with Gasteiger partial charge in [-0.25, -0.2) is 4.79 Å².